The van der Waals surface area contributed by atoms with Crippen LogP contribution in [0, 0.1) is 0 Å². The molecule has 0 spiro atoms. The molecule has 0 radical (unpaired) electrons. The number of carbonyl (C=O) groups excluding carboxylic acids is 3. The second-order valence-corrected chi connectivity index (χ2v) is 23.1. The SMILES string of the molecule is CCCCC/C=C\C/C=C\C/C=C\CCCCCCCCC(=O)OC1C(OCC(COC(=O)CCCCCCCCCCCCCCCCCCCCC)OC(=O)CCCCCCC/C=C\CCCCCC)OC(C(=O)O)C(O)C1O. The highest BCUT2D eigenvalue weighted by molar-refractivity contribution is 5.74. The van der Waals surface area contributed by atoms with Crippen molar-refractivity contribution in [3.8, 4) is 0 Å². The molecule has 12 heteroatoms. The van der Waals surface area contributed by atoms with Gasteiger partial charge in [-0.3, -0.25) is 14.4 Å². The average molecular weight is 1140 g/mol. The summed E-state index contributed by atoms with van der Waals surface area (Å²) in [5, 5.41) is 31.6. The van der Waals surface area contributed by atoms with E-state index in [1.54, 1.807) is 0 Å². The molecule has 6 unspecified atom stereocenters. The van der Waals surface area contributed by atoms with Crippen molar-refractivity contribution >= 4 is 23.9 Å². The number of carboxylic acid groups (broad SMARTS) is 1. The van der Waals surface area contributed by atoms with Crippen LogP contribution in [0.2, 0.25) is 0 Å². The van der Waals surface area contributed by atoms with Crippen LogP contribution >= 0.6 is 0 Å². The first-order valence-electron chi connectivity index (χ1n) is 33.6. The molecule has 1 aliphatic heterocycles. The molecule has 12 nitrogen and oxygen atoms in total. The predicted octanol–water partition coefficient (Wildman–Crippen LogP) is 18.1. The summed E-state index contributed by atoms with van der Waals surface area (Å²) in [6.07, 6.45) is 57.8. The Balaban J connectivity index is 2.62. The summed E-state index contributed by atoms with van der Waals surface area (Å²) < 4.78 is 28.5. The summed E-state index contributed by atoms with van der Waals surface area (Å²) >= 11 is 0. The number of carboxylic acids is 1. The minimum absolute atomic E-state index is 0.0469. The molecule has 1 fully saturated rings. The van der Waals surface area contributed by atoms with Crippen molar-refractivity contribution in [2.75, 3.05) is 13.2 Å². The predicted molar refractivity (Wildman–Crippen MR) is 331 cm³/mol. The minimum Gasteiger partial charge on any atom is -0.479 e. The fraction of sp³-hybridized carbons (Fsp3) is 0.826. The third-order valence-corrected chi connectivity index (χ3v) is 15.4. The van der Waals surface area contributed by atoms with Gasteiger partial charge in [-0.25, -0.2) is 4.79 Å². The van der Waals surface area contributed by atoms with Crippen molar-refractivity contribution in [1.29, 1.82) is 0 Å². The van der Waals surface area contributed by atoms with Gasteiger partial charge in [0.15, 0.2) is 24.6 Å². The van der Waals surface area contributed by atoms with E-state index in [0.29, 0.717) is 19.3 Å². The van der Waals surface area contributed by atoms with Crippen LogP contribution in [0.25, 0.3) is 0 Å². The largest absolute Gasteiger partial charge is 0.479 e. The monoisotopic (exact) mass is 1140 g/mol. The molecule has 470 valence electrons. The van der Waals surface area contributed by atoms with Crippen LogP contribution in [-0.4, -0.2) is 89.2 Å². The van der Waals surface area contributed by atoms with Gasteiger partial charge in [0.2, 0.25) is 0 Å². The van der Waals surface area contributed by atoms with E-state index in [1.807, 2.05) is 0 Å². The molecule has 6 atom stereocenters. The van der Waals surface area contributed by atoms with Gasteiger partial charge in [0.1, 0.15) is 18.8 Å². The number of carbonyl (C=O) groups is 4. The molecule has 81 heavy (non-hydrogen) atoms. The van der Waals surface area contributed by atoms with E-state index in [2.05, 4.69) is 69.4 Å². The zero-order valence-electron chi connectivity index (χ0n) is 52.0. The van der Waals surface area contributed by atoms with Crippen LogP contribution in [0.5, 0.6) is 0 Å². The average Bonchev–Trinajstić information content (AvgIpc) is 3.54. The molecule has 1 heterocycles. The Bertz CT molecular complexity index is 1590. The summed E-state index contributed by atoms with van der Waals surface area (Å²) in [7, 11) is 0. The fourth-order valence-corrected chi connectivity index (χ4v) is 10.2. The molecular formula is C69H122O12. The number of aliphatic carboxylic acids is 1. The molecule has 0 aromatic carbocycles. The first-order chi connectivity index (χ1) is 39.6. The Morgan fingerprint density at radius 3 is 1.17 bits per heavy atom. The van der Waals surface area contributed by atoms with Crippen LogP contribution in [-0.2, 0) is 42.9 Å². The van der Waals surface area contributed by atoms with Crippen molar-refractivity contribution in [3.63, 3.8) is 0 Å². The molecule has 1 aliphatic rings. The summed E-state index contributed by atoms with van der Waals surface area (Å²) in [6.45, 7) is 5.99. The normalized spacial score (nSPS) is 18.0. The van der Waals surface area contributed by atoms with Crippen LogP contribution in [0.4, 0.5) is 0 Å². The molecular weight excluding hydrogens is 1020 g/mol. The van der Waals surface area contributed by atoms with Crippen molar-refractivity contribution < 1.29 is 58.2 Å². The van der Waals surface area contributed by atoms with Gasteiger partial charge in [0.25, 0.3) is 0 Å². The van der Waals surface area contributed by atoms with E-state index in [0.717, 1.165) is 109 Å². The number of aliphatic hydroxyl groups excluding tert-OH is 2. The lowest BCUT2D eigenvalue weighted by molar-refractivity contribution is -0.301. The molecule has 0 aliphatic carbocycles. The van der Waals surface area contributed by atoms with Crippen LogP contribution in [0.15, 0.2) is 48.6 Å². The highest BCUT2D eigenvalue weighted by Crippen LogP contribution is 2.27. The van der Waals surface area contributed by atoms with Gasteiger partial charge in [-0.15, -0.1) is 0 Å². The Kier molecular flexibility index (Phi) is 53.4. The van der Waals surface area contributed by atoms with Crippen LogP contribution in [0.1, 0.15) is 316 Å². The quantitative estimate of drug-likeness (QED) is 0.0228. The van der Waals surface area contributed by atoms with Gasteiger partial charge >= 0.3 is 23.9 Å². The zero-order chi connectivity index (χ0) is 58.9. The second kappa shape index (κ2) is 57.1. The summed E-state index contributed by atoms with van der Waals surface area (Å²) in [4.78, 5) is 51.3. The van der Waals surface area contributed by atoms with E-state index in [4.69, 9.17) is 23.7 Å². The lowest BCUT2D eigenvalue weighted by Gasteiger charge is -2.40. The third-order valence-electron chi connectivity index (χ3n) is 15.4. The molecule has 1 saturated heterocycles. The third kappa shape index (κ3) is 46.7. The molecule has 0 amide bonds. The van der Waals surface area contributed by atoms with Crippen molar-refractivity contribution in [1.82, 2.24) is 0 Å². The fourth-order valence-electron chi connectivity index (χ4n) is 10.2. The van der Waals surface area contributed by atoms with Crippen LogP contribution < -0.4 is 0 Å². The van der Waals surface area contributed by atoms with E-state index < -0.39 is 67.3 Å². The van der Waals surface area contributed by atoms with Gasteiger partial charge in [0, 0.05) is 19.3 Å². The highest BCUT2D eigenvalue weighted by atomic mass is 16.7. The van der Waals surface area contributed by atoms with Gasteiger partial charge in [-0.05, 0) is 83.5 Å². The number of hydrogen-bond donors (Lipinski definition) is 3. The molecule has 0 aromatic heterocycles. The summed E-state index contributed by atoms with van der Waals surface area (Å²) in [5.74, 6) is -3.12. The molecule has 3 N–H and O–H groups in total. The molecule has 0 aromatic rings. The highest BCUT2D eigenvalue weighted by Gasteiger charge is 2.50. The zero-order valence-corrected chi connectivity index (χ0v) is 52.0. The summed E-state index contributed by atoms with van der Waals surface area (Å²) in [5.41, 5.74) is 0. The Hall–Kier alpha value is -3.32. The van der Waals surface area contributed by atoms with Gasteiger partial charge in [-0.2, -0.15) is 0 Å². The maximum atomic E-state index is 13.2. The number of allylic oxidation sites excluding steroid dienone is 8. The first-order valence-corrected chi connectivity index (χ1v) is 33.6. The first kappa shape index (κ1) is 75.7. The topological polar surface area (TPSA) is 175 Å². The van der Waals surface area contributed by atoms with E-state index >= 15 is 0 Å². The molecule has 1 rings (SSSR count). The summed E-state index contributed by atoms with van der Waals surface area (Å²) in [6, 6.07) is 0. The smallest absolute Gasteiger partial charge is 0.335 e. The van der Waals surface area contributed by atoms with E-state index in [1.165, 1.54) is 148 Å². The van der Waals surface area contributed by atoms with Gasteiger partial charge < -0.3 is 39.0 Å². The lowest BCUT2D eigenvalue weighted by atomic mass is 9.98. The Morgan fingerprint density at radius 2 is 0.741 bits per heavy atom. The van der Waals surface area contributed by atoms with Crippen molar-refractivity contribution in [2.24, 2.45) is 0 Å². The standard InChI is InChI=1S/C69H122O12/c1-4-7-10-13-16-19-22-25-27-29-31-33-35-38-40-43-46-49-52-55-61(70)77-58-60(79-62(71)56-53-50-47-44-41-37-24-21-18-15-12-9-6-3)59-78-69-67(65(74)64(73)66(81-69)68(75)76)80-63(72)57-54-51-48-45-42-39-36-34-32-30-28-26-23-20-17-14-11-8-5-2/h17,20-21,24,26,28,32,34,60,64-67,69,73-74H,4-16,18-19,22-23,25,27,29-31,33,35-59H2,1-3H3,(H,75,76)/b20-17-,24-21-,28-26-,34-32-. The minimum atomic E-state index is -1.91. The number of aliphatic hydroxyl groups is 2. The number of rotatable bonds is 58. The molecule has 0 bridgehead atoms. The Labute approximate surface area is 494 Å². The van der Waals surface area contributed by atoms with E-state index in [9.17, 15) is 34.5 Å². The maximum Gasteiger partial charge on any atom is 0.335 e. The Morgan fingerprint density at radius 1 is 0.407 bits per heavy atom. The van der Waals surface area contributed by atoms with Gasteiger partial charge in [-0.1, -0.05) is 262 Å². The number of esters is 3. The van der Waals surface area contributed by atoms with Crippen molar-refractivity contribution in [2.45, 2.75) is 353 Å². The lowest BCUT2D eigenvalue weighted by Crippen LogP contribution is -2.61. The second-order valence-electron chi connectivity index (χ2n) is 23.1. The van der Waals surface area contributed by atoms with Crippen LogP contribution in [0.3, 0.4) is 0 Å². The van der Waals surface area contributed by atoms with Gasteiger partial charge in [0.05, 0.1) is 6.61 Å². The number of ether oxygens (including phenoxy) is 5. The van der Waals surface area contributed by atoms with Crippen molar-refractivity contribution in [3.05, 3.63) is 48.6 Å². The maximum absolute atomic E-state index is 13.2. The number of hydrogen-bond acceptors (Lipinski definition) is 11. The molecule has 0 saturated carbocycles. The number of unbranched alkanes of at least 4 members (excludes halogenated alkanes) is 36. The van der Waals surface area contributed by atoms with E-state index in [-0.39, 0.29) is 25.9 Å².